The molecule has 2 amide bonds. The SMILES string of the molecule is CS(=O)(=O)c1cc(NC(=O)NCCCc2cccc(C(F)(F)F)c2)ccc1Cl. The zero-order valence-electron chi connectivity index (χ0n) is 14.8. The van der Waals surface area contributed by atoms with Crippen molar-refractivity contribution in [2.75, 3.05) is 18.1 Å². The van der Waals surface area contributed by atoms with E-state index in [9.17, 15) is 26.4 Å². The van der Waals surface area contributed by atoms with Gasteiger partial charge in [0.1, 0.15) is 0 Å². The van der Waals surface area contributed by atoms with Crippen molar-refractivity contribution in [3.8, 4) is 0 Å². The summed E-state index contributed by atoms with van der Waals surface area (Å²) in [6, 6.07) is 8.53. The predicted molar refractivity (Wildman–Crippen MR) is 101 cm³/mol. The van der Waals surface area contributed by atoms with Gasteiger partial charge in [-0.1, -0.05) is 29.8 Å². The lowest BCUT2D eigenvalue weighted by Crippen LogP contribution is -2.29. The Morgan fingerprint density at radius 2 is 1.86 bits per heavy atom. The fourth-order valence-electron chi connectivity index (χ4n) is 2.44. The number of amides is 2. The average Bonchev–Trinajstić information content (AvgIpc) is 2.59. The zero-order chi connectivity index (χ0) is 20.9. The Balaban J connectivity index is 1.86. The molecule has 2 aromatic rings. The molecule has 0 atom stereocenters. The minimum Gasteiger partial charge on any atom is -0.338 e. The van der Waals surface area contributed by atoms with Crippen LogP contribution in [0, 0.1) is 0 Å². The van der Waals surface area contributed by atoms with Crippen LogP contribution in [0.25, 0.3) is 0 Å². The second kappa shape index (κ2) is 8.83. The van der Waals surface area contributed by atoms with Gasteiger partial charge < -0.3 is 10.6 Å². The smallest absolute Gasteiger partial charge is 0.338 e. The van der Waals surface area contributed by atoms with Gasteiger partial charge in [0.05, 0.1) is 15.5 Å². The standard InChI is InChI=1S/C18H18ClF3N2O3S/c1-28(26,27)16-11-14(7-8-15(16)19)24-17(25)23-9-3-5-12-4-2-6-13(10-12)18(20,21)22/h2,4,6-8,10-11H,3,5,9H2,1H3,(H2,23,24,25). The summed E-state index contributed by atoms with van der Waals surface area (Å²) in [5.41, 5.74) is 0.0628. The summed E-state index contributed by atoms with van der Waals surface area (Å²) < 4.78 is 61.3. The molecule has 0 radical (unpaired) electrons. The summed E-state index contributed by atoms with van der Waals surface area (Å²) in [4.78, 5) is 11.8. The highest BCUT2D eigenvalue weighted by Gasteiger charge is 2.30. The number of carbonyl (C=O) groups is 1. The van der Waals surface area contributed by atoms with Crippen molar-refractivity contribution in [3.05, 3.63) is 58.6 Å². The normalized spacial score (nSPS) is 11.9. The molecule has 0 unspecified atom stereocenters. The largest absolute Gasteiger partial charge is 0.416 e. The number of rotatable bonds is 6. The lowest BCUT2D eigenvalue weighted by molar-refractivity contribution is -0.137. The lowest BCUT2D eigenvalue weighted by Gasteiger charge is -2.10. The summed E-state index contributed by atoms with van der Waals surface area (Å²) in [5, 5.41) is 5.10. The highest BCUT2D eigenvalue weighted by atomic mass is 35.5. The number of carbonyl (C=O) groups excluding carboxylic acids is 1. The first-order valence-electron chi connectivity index (χ1n) is 8.17. The van der Waals surface area contributed by atoms with E-state index in [1.807, 2.05) is 0 Å². The Bertz CT molecular complexity index is 963. The van der Waals surface area contributed by atoms with Gasteiger partial charge in [-0.3, -0.25) is 0 Å². The van der Waals surface area contributed by atoms with Gasteiger partial charge >= 0.3 is 12.2 Å². The number of aryl methyl sites for hydroxylation is 1. The Morgan fingerprint density at radius 3 is 2.50 bits per heavy atom. The fourth-order valence-corrected chi connectivity index (χ4v) is 3.74. The minimum atomic E-state index is -4.39. The van der Waals surface area contributed by atoms with Crippen molar-refractivity contribution in [2.45, 2.75) is 23.9 Å². The van der Waals surface area contributed by atoms with Crippen molar-refractivity contribution in [1.29, 1.82) is 0 Å². The number of halogens is 4. The van der Waals surface area contributed by atoms with E-state index in [1.54, 1.807) is 6.07 Å². The molecule has 2 aromatic carbocycles. The van der Waals surface area contributed by atoms with Gasteiger partial charge in [-0.15, -0.1) is 0 Å². The van der Waals surface area contributed by atoms with Crippen LogP contribution in [0.4, 0.5) is 23.7 Å². The molecule has 0 heterocycles. The van der Waals surface area contributed by atoms with Crippen LogP contribution in [0.1, 0.15) is 17.5 Å². The summed E-state index contributed by atoms with van der Waals surface area (Å²) in [5.74, 6) is 0. The molecule has 0 aliphatic carbocycles. The van der Waals surface area contributed by atoms with Crippen LogP contribution >= 0.6 is 11.6 Å². The van der Waals surface area contributed by atoms with Gasteiger partial charge in [-0.2, -0.15) is 13.2 Å². The Hall–Kier alpha value is -2.26. The lowest BCUT2D eigenvalue weighted by atomic mass is 10.1. The molecular weight excluding hydrogens is 417 g/mol. The first kappa shape index (κ1) is 22.0. The fraction of sp³-hybridized carbons (Fsp3) is 0.278. The molecule has 0 aromatic heterocycles. The molecule has 5 nitrogen and oxygen atoms in total. The van der Waals surface area contributed by atoms with Gasteiger partial charge in [-0.05, 0) is 42.7 Å². The molecule has 10 heteroatoms. The summed E-state index contributed by atoms with van der Waals surface area (Å²) in [7, 11) is -3.54. The number of sulfone groups is 1. The number of alkyl halides is 3. The van der Waals surface area contributed by atoms with Crippen LogP contribution in [0.5, 0.6) is 0 Å². The third-order valence-corrected chi connectivity index (χ3v) is 5.35. The third-order valence-electron chi connectivity index (χ3n) is 3.77. The van der Waals surface area contributed by atoms with E-state index in [-0.39, 0.29) is 22.2 Å². The van der Waals surface area contributed by atoms with Gasteiger partial charge in [0.2, 0.25) is 0 Å². The van der Waals surface area contributed by atoms with E-state index in [1.165, 1.54) is 24.3 Å². The number of hydrogen-bond acceptors (Lipinski definition) is 3. The molecule has 0 aliphatic heterocycles. The molecule has 0 saturated carbocycles. The number of anilines is 1. The summed E-state index contributed by atoms with van der Waals surface area (Å²) in [6.07, 6.45) is -2.59. The quantitative estimate of drug-likeness (QED) is 0.656. The van der Waals surface area contributed by atoms with E-state index in [2.05, 4.69) is 10.6 Å². The molecule has 0 saturated heterocycles. The number of hydrogen-bond donors (Lipinski definition) is 2. The van der Waals surface area contributed by atoms with Crippen molar-refractivity contribution in [2.24, 2.45) is 0 Å². The molecule has 152 valence electrons. The average molecular weight is 435 g/mol. The van der Waals surface area contributed by atoms with Crippen LogP contribution in [-0.4, -0.2) is 27.2 Å². The van der Waals surface area contributed by atoms with Crippen molar-refractivity contribution >= 4 is 33.2 Å². The Kier molecular flexibility index (Phi) is 6.95. The topological polar surface area (TPSA) is 75.3 Å². The second-order valence-corrected chi connectivity index (χ2v) is 8.49. The van der Waals surface area contributed by atoms with Crippen molar-refractivity contribution < 1.29 is 26.4 Å². The zero-order valence-corrected chi connectivity index (χ0v) is 16.4. The first-order valence-corrected chi connectivity index (χ1v) is 10.4. The molecule has 0 bridgehead atoms. The molecule has 2 rings (SSSR count). The maximum Gasteiger partial charge on any atom is 0.416 e. The maximum absolute atomic E-state index is 12.7. The maximum atomic E-state index is 12.7. The van der Waals surface area contributed by atoms with E-state index in [4.69, 9.17) is 11.6 Å². The van der Waals surface area contributed by atoms with E-state index in [0.29, 0.717) is 18.4 Å². The highest BCUT2D eigenvalue weighted by molar-refractivity contribution is 7.90. The second-order valence-electron chi connectivity index (χ2n) is 6.10. The molecule has 0 fully saturated rings. The van der Waals surface area contributed by atoms with Crippen molar-refractivity contribution in [3.63, 3.8) is 0 Å². The van der Waals surface area contributed by atoms with Gasteiger partial charge in [-0.25, -0.2) is 13.2 Å². The number of benzene rings is 2. The minimum absolute atomic E-state index is 0.0505. The molecule has 0 spiro atoms. The monoisotopic (exact) mass is 434 g/mol. The number of urea groups is 1. The molecule has 2 N–H and O–H groups in total. The third kappa shape index (κ3) is 6.42. The van der Waals surface area contributed by atoms with Crippen LogP contribution in [0.15, 0.2) is 47.4 Å². The van der Waals surface area contributed by atoms with Crippen molar-refractivity contribution in [1.82, 2.24) is 5.32 Å². The predicted octanol–water partition coefficient (Wildman–Crippen LogP) is 4.52. The van der Waals surface area contributed by atoms with Gasteiger partial charge in [0.15, 0.2) is 9.84 Å². The molecular formula is C18H18ClF3N2O3S. The van der Waals surface area contributed by atoms with Gasteiger partial charge in [0, 0.05) is 18.5 Å². The van der Waals surface area contributed by atoms with E-state index < -0.39 is 27.6 Å². The first-order chi connectivity index (χ1) is 13.0. The van der Waals surface area contributed by atoms with Crippen LogP contribution in [0.3, 0.4) is 0 Å². The van der Waals surface area contributed by atoms with Crippen LogP contribution in [-0.2, 0) is 22.4 Å². The van der Waals surface area contributed by atoms with Gasteiger partial charge in [0.25, 0.3) is 0 Å². The van der Waals surface area contributed by atoms with E-state index >= 15 is 0 Å². The highest BCUT2D eigenvalue weighted by Crippen LogP contribution is 2.29. The summed E-state index contributed by atoms with van der Waals surface area (Å²) in [6.45, 7) is 0.231. The van der Waals surface area contributed by atoms with Crippen LogP contribution in [0.2, 0.25) is 5.02 Å². The number of nitrogens with one attached hydrogen (secondary N) is 2. The molecule has 0 aliphatic rings. The van der Waals surface area contributed by atoms with E-state index in [0.717, 1.165) is 18.4 Å². The summed E-state index contributed by atoms with van der Waals surface area (Å²) >= 11 is 5.84. The Labute approximate surface area is 165 Å². The Morgan fingerprint density at radius 1 is 1.14 bits per heavy atom. The van der Waals surface area contributed by atoms with Crippen LogP contribution < -0.4 is 10.6 Å². The molecule has 28 heavy (non-hydrogen) atoms.